The fourth-order valence-corrected chi connectivity index (χ4v) is 3.16. The molecular weight excluding hydrogens is 422 g/mol. The average molecular weight is 434 g/mol. The monoisotopic (exact) mass is 433 g/mol. The van der Waals surface area contributed by atoms with Crippen molar-refractivity contribution in [3.8, 4) is 17.2 Å². The molecule has 2 heterocycles. The van der Waals surface area contributed by atoms with Gasteiger partial charge in [0.25, 0.3) is 5.91 Å². The van der Waals surface area contributed by atoms with E-state index in [1.807, 2.05) is 24.3 Å². The molecule has 1 N–H and O–H groups in total. The normalized spacial score (nSPS) is 12.0. The molecule has 132 valence electrons. The second-order valence-electron chi connectivity index (χ2n) is 5.27. The minimum atomic E-state index is -0.292. The zero-order chi connectivity index (χ0) is 17.9. The smallest absolute Gasteiger partial charge is 0.257 e. The number of benzene rings is 2. The highest BCUT2D eigenvalue weighted by atomic mass is 79.9. The lowest BCUT2D eigenvalue weighted by molar-refractivity contribution is 0.102. The largest absolute Gasteiger partial charge is 0.486 e. The fraction of sp³-hybridized carbons (Fsp3) is 0.118. The molecule has 0 saturated heterocycles. The number of ether oxygens (including phenoxy) is 3. The van der Waals surface area contributed by atoms with Crippen LogP contribution in [-0.2, 0) is 6.61 Å². The maximum Gasteiger partial charge on any atom is 0.257 e. The molecule has 9 heteroatoms. The van der Waals surface area contributed by atoms with E-state index in [1.165, 1.54) is 11.3 Å². The van der Waals surface area contributed by atoms with E-state index >= 15 is 0 Å². The zero-order valence-corrected chi connectivity index (χ0v) is 15.7. The van der Waals surface area contributed by atoms with Crippen LogP contribution in [0.25, 0.3) is 0 Å². The minimum absolute atomic E-state index is 0.165. The molecule has 3 aromatic rings. The number of nitrogens with zero attached hydrogens (tertiary/aromatic N) is 2. The van der Waals surface area contributed by atoms with Gasteiger partial charge >= 0.3 is 0 Å². The molecule has 2 aromatic carbocycles. The van der Waals surface area contributed by atoms with E-state index in [-0.39, 0.29) is 19.3 Å². The summed E-state index contributed by atoms with van der Waals surface area (Å²) in [4.78, 5) is 12.3. The average Bonchev–Trinajstić information content (AvgIpc) is 3.29. The molecule has 0 spiro atoms. The Balaban J connectivity index is 1.37. The van der Waals surface area contributed by atoms with Gasteiger partial charge in [0.15, 0.2) is 16.5 Å². The van der Waals surface area contributed by atoms with Crippen LogP contribution < -0.4 is 19.5 Å². The van der Waals surface area contributed by atoms with Gasteiger partial charge in [-0.25, -0.2) is 0 Å². The molecule has 1 aliphatic rings. The van der Waals surface area contributed by atoms with Crippen molar-refractivity contribution in [2.75, 3.05) is 12.1 Å². The van der Waals surface area contributed by atoms with Crippen molar-refractivity contribution in [2.24, 2.45) is 0 Å². The second kappa shape index (κ2) is 7.30. The molecule has 0 atom stereocenters. The number of aromatic nitrogens is 2. The molecule has 4 rings (SSSR count). The van der Waals surface area contributed by atoms with Crippen LogP contribution in [0.1, 0.15) is 15.4 Å². The Hall–Kier alpha value is -2.65. The zero-order valence-electron chi connectivity index (χ0n) is 13.3. The second-order valence-corrected chi connectivity index (χ2v) is 7.24. The Bertz CT molecular complexity index is 945. The molecule has 0 bridgehead atoms. The summed E-state index contributed by atoms with van der Waals surface area (Å²) in [5, 5.41) is 11.8. The van der Waals surface area contributed by atoms with E-state index < -0.39 is 0 Å². The first kappa shape index (κ1) is 16.8. The highest BCUT2D eigenvalue weighted by Gasteiger charge is 2.17. The molecule has 0 radical (unpaired) electrons. The Kier molecular flexibility index (Phi) is 4.72. The Labute approximate surface area is 161 Å². The molecule has 26 heavy (non-hydrogen) atoms. The van der Waals surface area contributed by atoms with Crippen LogP contribution in [0.15, 0.2) is 46.9 Å². The van der Waals surface area contributed by atoms with Gasteiger partial charge in [-0.3, -0.25) is 10.1 Å². The third-order valence-corrected chi connectivity index (χ3v) is 4.84. The topological polar surface area (TPSA) is 82.6 Å². The highest BCUT2D eigenvalue weighted by Crippen LogP contribution is 2.32. The Morgan fingerprint density at radius 1 is 1.15 bits per heavy atom. The van der Waals surface area contributed by atoms with Crippen molar-refractivity contribution in [1.82, 2.24) is 10.2 Å². The fourth-order valence-electron chi connectivity index (χ4n) is 2.25. The molecule has 0 unspecified atom stereocenters. The predicted octanol–water partition coefficient (Wildman–Crippen LogP) is 3.86. The third-order valence-electron chi connectivity index (χ3n) is 3.50. The van der Waals surface area contributed by atoms with E-state index in [0.29, 0.717) is 27.2 Å². The van der Waals surface area contributed by atoms with Crippen molar-refractivity contribution < 1.29 is 19.0 Å². The van der Waals surface area contributed by atoms with Gasteiger partial charge in [0.1, 0.15) is 12.4 Å². The molecule has 0 fully saturated rings. The first-order valence-corrected chi connectivity index (χ1v) is 9.20. The number of anilines is 1. The highest BCUT2D eigenvalue weighted by molar-refractivity contribution is 9.10. The number of hydrogen-bond donors (Lipinski definition) is 1. The quantitative estimate of drug-likeness (QED) is 0.657. The molecule has 7 nitrogen and oxygen atoms in total. The first-order chi connectivity index (χ1) is 12.7. The van der Waals surface area contributed by atoms with Crippen molar-refractivity contribution in [1.29, 1.82) is 0 Å². The van der Waals surface area contributed by atoms with Crippen LogP contribution in [0.5, 0.6) is 17.2 Å². The van der Waals surface area contributed by atoms with Gasteiger partial charge in [-0.05, 0) is 42.5 Å². The van der Waals surface area contributed by atoms with Gasteiger partial charge in [0.2, 0.25) is 11.9 Å². The van der Waals surface area contributed by atoms with E-state index in [0.717, 1.165) is 10.2 Å². The minimum Gasteiger partial charge on any atom is -0.486 e. The molecule has 1 amide bonds. The van der Waals surface area contributed by atoms with Crippen LogP contribution in [0.4, 0.5) is 5.13 Å². The summed E-state index contributed by atoms with van der Waals surface area (Å²) in [6, 6.07) is 12.5. The molecular formula is C17H12BrN3O4S. The van der Waals surface area contributed by atoms with Crippen molar-refractivity contribution in [2.45, 2.75) is 6.61 Å². The van der Waals surface area contributed by atoms with Crippen LogP contribution >= 0.6 is 27.3 Å². The van der Waals surface area contributed by atoms with Crippen molar-refractivity contribution >= 4 is 38.3 Å². The number of fused-ring (bicyclic) bond motifs is 1. The van der Waals surface area contributed by atoms with Crippen molar-refractivity contribution in [3.05, 3.63) is 57.5 Å². The molecule has 1 aromatic heterocycles. The number of rotatable bonds is 5. The number of nitrogens with one attached hydrogen (secondary N) is 1. The maximum absolute atomic E-state index is 12.3. The summed E-state index contributed by atoms with van der Waals surface area (Å²) in [5.41, 5.74) is 0.456. The third kappa shape index (κ3) is 3.78. The summed E-state index contributed by atoms with van der Waals surface area (Å²) in [5.74, 6) is 1.62. The van der Waals surface area contributed by atoms with Gasteiger partial charge in [0, 0.05) is 10.0 Å². The number of halogens is 1. The van der Waals surface area contributed by atoms with E-state index in [9.17, 15) is 4.79 Å². The predicted molar refractivity (Wildman–Crippen MR) is 98.9 cm³/mol. The Morgan fingerprint density at radius 2 is 1.96 bits per heavy atom. The van der Waals surface area contributed by atoms with E-state index in [1.54, 1.807) is 18.2 Å². The summed E-state index contributed by atoms with van der Waals surface area (Å²) in [7, 11) is 0. The maximum atomic E-state index is 12.3. The molecule has 0 aliphatic carbocycles. The van der Waals surface area contributed by atoms with Crippen LogP contribution in [0.2, 0.25) is 0 Å². The Morgan fingerprint density at radius 3 is 2.81 bits per heavy atom. The lowest BCUT2D eigenvalue weighted by Gasteiger charge is -2.03. The van der Waals surface area contributed by atoms with Gasteiger partial charge in [-0.1, -0.05) is 27.3 Å². The standard InChI is InChI=1S/C17H12BrN3O4S/c18-11-2-4-12(5-3-11)23-8-15-20-21-17(26-15)19-16(22)10-1-6-13-14(7-10)25-9-24-13/h1-7H,8-9H2,(H,19,21,22). The lowest BCUT2D eigenvalue weighted by atomic mass is 10.2. The summed E-state index contributed by atoms with van der Waals surface area (Å²) in [6.07, 6.45) is 0. The van der Waals surface area contributed by atoms with Crippen LogP contribution in [0, 0.1) is 0 Å². The van der Waals surface area contributed by atoms with E-state index in [2.05, 4.69) is 31.4 Å². The van der Waals surface area contributed by atoms with Gasteiger partial charge < -0.3 is 14.2 Å². The SMILES string of the molecule is O=C(Nc1nnc(COc2ccc(Br)cc2)s1)c1ccc2c(c1)OCO2. The summed E-state index contributed by atoms with van der Waals surface area (Å²) in [6.45, 7) is 0.442. The van der Waals surface area contributed by atoms with E-state index in [4.69, 9.17) is 14.2 Å². The number of amides is 1. The lowest BCUT2D eigenvalue weighted by Crippen LogP contribution is -2.11. The summed E-state index contributed by atoms with van der Waals surface area (Å²) < 4.78 is 17.1. The van der Waals surface area contributed by atoms with Crippen LogP contribution in [-0.4, -0.2) is 22.9 Å². The summed E-state index contributed by atoms with van der Waals surface area (Å²) >= 11 is 4.63. The van der Waals surface area contributed by atoms with Gasteiger partial charge in [0.05, 0.1) is 0 Å². The molecule has 0 saturated carbocycles. The number of hydrogen-bond acceptors (Lipinski definition) is 7. The number of carbonyl (C=O) groups is 1. The van der Waals surface area contributed by atoms with Gasteiger partial charge in [-0.15, -0.1) is 10.2 Å². The first-order valence-electron chi connectivity index (χ1n) is 7.59. The van der Waals surface area contributed by atoms with Crippen LogP contribution in [0.3, 0.4) is 0 Å². The van der Waals surface area contributed by atoms with Gasteiger partial charge in [-0.2, -0.15) is 0 Å². The number of carbonyl (C=O) groups excluding carboxylic acids is 1. The van der Waals surface area contributed by atoms with Crippen molar-refractivity contribution in [3.63, 3.8) is 0 Å². The molecule has 1 aliphatic heterocycles.